The summed E-state index contributed by atoms with van der Waals surface area (Å²) in [5.74, 6) is 1.04. The lowest BCUT2D eigenvalue weighted by molar-refractivity contribution is 0.612. The van der Waals surface area contributed by atoms with E-state index in [4.69, 9.17) is 0 Å². The van der Waals surface area contributed by atoms with Crippen molar-refractivity contribution in [3.05, 3.63) is 53.7 Å². The molecule has 0 amide bonds. The smallest absolute Gasteiger partial charge is 0.254 e. The third kappa shape index (κ3) is 2.24. The van der Waals surface area contributed by atoms with Crippen LogP contribution in [-0.4, -0.2) is 19.6 Å². The van der Waals surface area contributed by atoms with Gasteiger partial charge in [-0.2, -0.15) is 14.6 Å². The first-order valence-corrected chi connectivity index (χ1v) is 5.89. The molecule has 96 valence electrons. The number of hydrogen-bond acceptors (Lipinski definition) is 4. The molecule has 19 heavy (non-hydrogen) atoms. The molecule has 5 nitrogen and oxygen atoms in total. The summed E-state index contributed by atoms with van der Waals surface area (Å²) in [6.07, 6.45) is 1.44. The summed E-state index contributed by atoms with van der Waals surface area (Å²) in [4.78, 5) is 8.28. The van der Waals surface area contributed by atoms with Gasteiger partial charge in [-0.15, -0.1) is 0 Å². The summed E-state index contributed by atoms with van der Waals surface area (Å²) in [6.45, 7) is 2.26. The molecule has 0 fully saturated rings. The van der Waals surface area contributed by atoms with Crippen LogP contribution >= 0.6 is 0 Å². The van der Waals surface area contributed by atoms with Crippen molar-refractivity contribution in [1.82, 2.24) is 19.6 Å². The minimum Gasteiger partial charge on any atom is -0.366 e. The van der Waals surface area contributed by atoms with E-state index in [1.807, 2.05) is 19.1 Å². The normalized spacial score (nSPS) is 10.8. The summed E-state index contributed by atoms with van der Waals surface area (Å²) in [5, 5.41) is 7.23. The largest absolute Gasteiger partial charge is 0.366 e. The van der Waals surface area contributed by atoms with E-state index < -0.39 is 0 Å². The molecule has 2 heterocycles. The van der Waals surface area contributed by atoms with Gasteiger partial charge in [0.1, 0.15) is 18.0 Å². The van der Waals surface area contributed by atoms with Crippen LogP contribution in [0.4, 0.5) is 10.2 Å². The van der Waals surface area contributed by atoms with E-state index in [0.717, 1.165) is 11.5 Å². The highest BCUT2D eigenvalue weighted by atomic mass is 19.1. The molecule has 0 unspecified atom stereocenters. The Labute approximate surface area is 109 Å². The second-order valence-corrected chi connectivity index (χ2v) is 4.20. The van der Waals surface area contributed by atoms with E-state index in [0.29, 0.717) is 17.9 Å². The monoisotopic (exact) mass is 257 g/mol. The third-order valence-electron chi connectivity index (χ3n) is 2.80. The number of fused-ring (bicyclic) bond motifs is 1. The van der Waals surface area contributed by atoms with Crippen molar-refractivity contribution in [1.29, 1.82) is 0 Å². The predicted molar refractivity (Wildman–Crippen MR) is 69.2 cm³/mol. The molecule has 0 atom stereocenters. The van der Waals surface area contributed by atoms with Crippen molar-refractivity contribution in [3.8, 4) is 0 Å². The molecular formula is C13H12FN5. The van der Waals surface area contributed by atoms with E-state index in [1.165, 1.54) is 12.4 Å². The van der Waals surface area contributed by atoms with Gasteiger partial charge in [0, 0.05) is 23.9 Å². The molecule has 0 aliphatic rings. The number of halogens is 1. The zero-order chi connectivity index (χ0) is 13.2. The number of nitrogens with zero attached hydrogens (tertiary/aromatic N) is 4. The Morgan fingerprint density at radius 3 is 3.00 bits per heavy atom. The first-order chi connectivity index (χ1) is 9.24. The molecule has 0 spiro atoms. The molecular weight excluding hydrogens is 245 g/mol. The Morgan fingerprint density at radius 1 is 1.32 bits per heavy atom. The zero-order valence-corrected chi connectivity index (χ0v) is 10.3. The highest BCUT2D eigenvalue weighted by Gasteiger charge is 2.06. The molecule has 0 aliphatic carbocycles. The van der Waals surface area contributed by atoms with Crippen LogP contribution in [0.3, 0.4) is 0 Å². The highest BCUT2D eigenvalue weighted by Crippen LogP contribution is 2.13. The molecule has 0 bridgehead atoms. The molecule has 3 aromatic rings. The Kier molecular flexibility index (Phi) is 2.83. The van der Waals surface area contributed by atoms with Gasteiger partial charge in [0.2, 0.25) is 0 Å². The average molecular weight is 257 g/mol. The number of aromatic nitrogens is 4. The molecule has 2 aromatic heterocycles. The molecule has 0 aliphatic heterocycles. The predicted octanol–water partition coefficient (Wildman–Crippen LogP) is 2.18. The van der Waals surface area contributed by atoms with Crippen molar-refractivity contribution in [2.75, 3.05) is 5.32 Å². The number of anilines is 1. The molecule has 3 rings (SSSR count). The maximum absolute atomic E-state index is 13.5. The van der Waals surface area contributed by atoms with E-state index in [2.05, 4.69) is 20.4 Å². The number of rotatable bonds is 3. The lowest BCUT2D eigenvalue weighted by Gasteiger charge is -2.09. The van der Waals surface area contributed by atoms with Gasteiger partial charge in [0.05, 0.1) is 0 Å². The van der Waals surface area contributed by atoms with Gasteiger partial charge >= 0.3 is 0 Å². The first-order valence-electron chi connectivity index (χ1n) is 5.89. The van der Waals surface area contributed by atoms with Crippen molar-refractivity contribution < 1.29 is 4.39 Å². The van der Waals surface area contributed by atoms with Crippen LogP contribution in [-0.2, 0) is 6.54 Å². The summed E-state index contributed by atoms with van der Waals surface area (Å²) in [6, 6.07) is 8.52. The SMILES string of the molecule is Cc1cc(NCc2ccccc2F)n2ncnc2n1. The van der Waals surface area contributed by atoms with Gasteiger partial charge in [-0.05, 0) is 13.0 Å². The lowest BCUT2D eigenvalue weighted by atomic mass is 10.2. The van der Waals surface area contributed by atoms with Crippen molar-refractivity contribution in [2.45, 2.75) is 13.5 Å². The second kappa shape index (κ2) is 4.64. The minimum atomic E-state index is -0.226. The standard InChI is InChI=1S/C13H12FN5/c1-9-6-12(19-13(18-9)16-8-17-19)15-7-10-4-2-3-5-11(10)14/h2-6,8,15H,7H2,1H3. The first kappa shape index (κ1) is 11.6. The van der Waals surface area contributed by atoms with Gasteiger partial charge in [0.25, 0.3) is 5.78 Å². The van der Waals surface area contributed by atoms with Crippen LogP contribution in [0.1, 0.15) is 11.3 Å². The van der Waals surface area contributed by atoms with Crippen molar-refractivity contribution in [3.63, 3.8) is 0 Å². The van der Waals surface area contributed by atoms with Gasteiger partial charge in [0.15, 0.2) is 0 Å². The van der Waals surface area contributed by atoms with Gasteiger partial charge in [-0.1, -0.05) is 18.2 Å². The number of benzene rings is 1. The molecule has 6 heteroatoms. The molecule has 0 radical (unpaired) electrons. The van der Waals surface area contributed by atoms with Gasteiger partial charge in [-0.3, -0.25) is 0 Å². The maximum atomic E-state index is 13.5. The molecule has 0 saturated heterocycles. The van der Waals surface area contributed by atoms with Crippen LogP contribution in [0.2, 0.25) is 0 Å². The fourth-order valence-electron chi connectivity index (χ4n) is 1.88. The van der Waals surface area contributed by atoms with Gasteiger partial charge in [-0.25, -0.2) is 9.37 Å². The van der Waals surface area contributed by atoms with E-state index >= 15 is 0 Å². The molecule has 1 N–H and O–H groups in total. The fraction of sp³-hybridized carbons (Fsp3) is 0.154. The molecule has 0 saturated carbocycles. The second-order valence-electron chi connectivity index (χ2n) is 4.20. The maximum Gasteiger partial charge on any atom is 0.254 e. The van der Waals surface area contributed by atoms with E-state index in [1.54, 1.807) is 16.6 Å². The minimum absolute atomic E-state index is 0.226. The Bertz CT molecular complexity index is 722. The van der Waals surface area contributed by atoms with Crippen LogP contribution in [0.15, 0.2) is 36.7 Å². The summed E-state index contributed by atoms with van der Waals surface area (Å²) in [7, 11) is 0. The topological polar surface area (TPSA) is 55.1 Å². The van der Waals surface area contributed by atoms with Crippen molar-refractivity contribution >= 4 is 11.6 Å². The summed E-state index contributed by atoms with van der Waals surface area (Å²) < 4.78 is 15.1. The van der Waals surface area contributed by atoms with E-state index in [9.17, 15) is 4.39 Å². The van der Waals surface area contributed by atoms with Crippen LogP contribution < -0.4 is 5.32 Å². The van der Waals surface area contributed by atoms with Gasteiger partial charge < -0.3 is 5.32 Å². The van der Waals surface area contributed by atoms with E-state index in [-0.39, 0.29) is 5.82 Å². The molecule has 1 aromatic carbocycles. The Hall–Kier alpha value is -2.50. The number of nitrogens with one attached hydrogen (secondary N) is 1. The average Bonchev–Trinajstić information content (AvgIpc) is 2.85. The lowest BCUT2D eigenvalue weighted by Crippen LogP contribution is -2.07. The van der Waals surface area contributed by atoms with Crippen LogP contribution in [0.5, 0.6) is 0 Å². The fourth-order valence-corrected chi connectivity index (χ4v) is 1.88. The summed E-state index contributed by atoms with van der Waals surface area (Å²) >= 11 is 0. The van der Waals surface area contributed by atoms with Crippen LogP contribution in [0.25, 0.3) is 5.78 Å². The van der Waals surface area contributed by atoms with Crippen LogP contribution in [0, 0.1) is 12.7 Å². The quantitative estimate of drug-likeness (QED) is 0.781. The Morgan fingerprint density at radius 2 is 2.16 bits per heavy atom. The number of aryl methyl sites for hydroxylation is 1. The summed E-state index contributed by atoms with van der Waals surface area (Å²) in [5.41, 5.74) is 1.43. The highest BCUT2D eigenvalue weighted by molar-refractivity contribution is 5.45. The zero-order valence-electron chi connectivity index (χ0n) is 10.3. The number of hydrogen-bond donors (Lipinski definition) is 1. The van der Waals surface area contributed by atoms with Crippen molar-refractivity contribution in [2.24, 2.45) is 0 Å². The third-order valence-corrected chi connectivity index (χ3v) is 2.80. The Balaban J connectivity index is 1.90.